The second-order valence-corrected chi connectivity index (χ2v) is 11.2. The second-order valence-electron chi connectivity index (χ2n) is 10.4. The molecule has 2 saturated heterocycles. The van der Waals surface area contributed by atoms with Crippen LogP contribution < -0.4 is 10.2 Å². The van der Waals surface area contributed by atoms with Crippen LogP contribution >= 0.6 is 23.2 Å². The summed E-state index contributed by atoms with van der Waals surface area (Å²) in [6.45, 7) is 5.04. The van der Waals surface area contributed by atoms with Crippen molar-refractivity contribution >= 4 is 35.0 Å². The quantitative estimate of drug-likeness (QED) is 0.490. The standard InChI is InChI=1S/C27H34Cl2N4O4/c1-37-26(36)30-27(14-18-10-20(28)12-21(29)11-18)5-4-19-2-3-22(13-24(19)27)32-8-6-31(7-9-32)17-25(35)33-15-23(34)16-33/h2-3,10-13,23,25,34-35H,4-9,14-17H2,1H3,(H,30,36). The van der Waals surface area contributed by atoms with Crippen LogP contribution in [0.15, 0.2) is 36.4 Å². The van der Waals surface area contributed by atoms with E-state index in [1.165, 1.54) is 12.7 Å². The van der Waals surface area contributed by atoms with E-state index in [0.29, 0.717) is 36.1 Å². The third-order valence-corrected chi connectivity index (χ3v) is 8.29. The number of fused-ring (bicyclic) bond motifs is 1. The van der Waals surface area contributed by atoms with Crippen molar-refractivity contribution in [1.82, 2.24) is 15.1 Å². The number of nitrogens with one attached hydrogen (secondary N) is 1. The minimum absolute atomic E-state index is 0.317. The SMILES string of the molecule is COC(=O)NC1(Cc2cc(Cl)cc(Cl)c2)CCc2ccc(N3CCN(CC(O)N4CC(O)C4)CC3)cc21. The summed E-state index contributed by atoms with van der Waals surface area (Å²) < 4.78 is 5.01. The lowest BCUT2D eigenvalue weighted by Gasteiger charge is -2.43. The first kappa shape index (κ1) is 26.5. The van der Waals surface area contributed by atoms with Crippen molar-refractivity contribution in [3.05, 3.63) is 63.1 Å². The van der Waals surface area contributed by atoms with Gasteiger partial charge in [0.15, 0.2) is 0 Å². The van der Waals surface area contributed by atoms with Gasteiger partial charge in [0.05, 0.1) is 18.8 Å². The molecule has 2 aliphatic heterocycles. The number of ether oxygens (including phenoxy) is 1. The predicted octanol–water partition coefficient (Wildman–Crippen LogP) is 2.85. The first-order valence-electron chi connectivity index (χ1n) is 12.8. The van der Waals surface area contributed by atoms with Gasteiger partial charge in [0, 0.05) is 61.5 Å². The van der Waals surface area contributed by atoms with Gasteiger partial charge in [-0.2, -0.15) is 0 Å². The van der Waals surface area contributed by atoms with Crippen molar-refractivity contribution < 1.29 is 19.7 Å². The van der Waals surface area contributed by atoms with Crippen LogP contribution in [0.3, 0.4) is 0 Å². The Labute approximate surface area is 227 Å². The van der Waals surface area contributed by atoms with Crippen molar-refractivity contribution in [1.29, 1.82) is 0 Å². The highest BCUT2D eigenvalue weighted by Gasteiger charge is 2.41. The second kappa shape index (κ2) is 11.0. The summed E-state index contributed by atoms with van der Waals surface area (Å²) in [6.07, 6.45) is 0.832. The lowest BCUT2D eigenvalue weighted by molar-refractivity contribution is -0.108. The number of methoxy groups -OCH3 is 1. The van der Waals surface area contributed by atoms with E-state index >= 15 is 0 Å². The highest BCUT2D eigenvalue weighted by atomic mass is 35.5. The number of halogens is 2. The number of amides is 1. The minimum atomic E-state index is -0.625. The summed E-state index contributed by atoms with van der Waals surface area (Å²) in [6, 6.07) is 12.0. The van der Waals surface area contributed by atoms with Gasteiger partial charge in [-0.15, -0.1) is 0 Å². The van der Waals surface area contributed by atoms with E-state index in [1.807, 2.05) is 17.0 Å². The molecule has 2 atom stereocenters. The summed E-state index contributed by atoms with van der Waals surface area (Å²) in [5.41, 5.74) is 3.76. The smallest absolute Gasteiger partial charge is 0.407 e. The van der Waals surface area contributed by atoms with Crippen LogP contribution in [0.1, 0.15) is 23.1 Å². The first-order valence-corrected chi connectivity index (χ1v) is 13.5. The molecule has 0 saturated carbocycles. The van der Waals surface area contributed by atoms with Gasteiger partial charge >= 0.3 is 6.09 Å². The molecule has 1 amide bonds. The molecule has 2 heterocycles. The Morgan fingerprint density at radius 1 is 1.14 bits per heavy atom. The maximum absolute atomic E-state index is 12.5. The number of aliphatic hydroxyl groups excluding tert-OH is 2. The maximum atomic E-state index is 12.5. The van der Waals surface area contributed by atoms with Crippen molar-refractivity contribution in [2.24, 2.45) is 0 Å². The van der Waals surface area contributed by atoms with Crippen molar-refractivity contribution in [3.63, 3.8) is 0 Å². The molecule has 2 aromatic carbocycles. The summed E-state index contributed by atoms with van der Waals surface area (Å²) in [5.74, 6) is 0. The third-order valence-electron chi connectivity index (χ3n) is 7.86. The molecule has 5 rings (SSSR count). The molecule has 10 heteroatoms. The van der Waals surface area contributed by atoms with Gasteiger partial charge in [-0.25, -0.2) is 4.79 Å². The number of carbonyl (C=O) groups is 1. The molecule has 0 radical (unpaired) electrons. The molecule has 3 N–H and O–H groups in total. The zero-order valence-electron chi connectivity index (χ0n) is 21.0. The minimum Gasteiger partial charge on any atom is -0.453 e. The number of carbonyl (C=O) groups excluding carboxylic acids is 1. The fraction of sp³-hybridized carbons (Fsp3) is 0.519. The Bertz CT molecular complexity index is 1120. The number of anilines is 1. The number of β-amino-alcohol motifs (C(OH)–C–C–N with tert-alkyl or cyclic N) is 2. The van der Waals surface area contributed by atoms with E-state index in [2.05, 4.69) is 33.3 Å². The molecular weight excluding hydrogens is 515 g/mol. The number of benzene rings is 2. The monoisotopic (exact) mass is 548 g/mol. The molecule has 0 bridgehead atoms. The van der Waals surface area contributed by atoms with Gasteiger partial charge in [0.1, 0.15) is 6.23 Å². The number of aliphatic hydroxyl groups is 2. The summed E-state index contributed by atoms with van der Waals surface area (Å²) >= 11 is 12.6. The Morgan fingerprint density at radius 3 is 2.49 bits per heavy atom. The van der Waals surface area contributed by atoms with E-state index in [4.69, 9.17) is 27.9 Å². The average Bonchev–Trinajstić information content (AvgIpc) is 3.18. The van der Waals surface area contributed by atoms with Gasteiger partial charge < -0.3 is 25.2 Å². The number of hydrogen-bond donors (Lipinski definition) is 3. The molecule has 1 aliphatic carbocycles. The van der Waals surface area contributed by atoms with Crippen LogP contribution in [-0.4, -0.2) is 91.4 Å². The largest absolute Gasteiger partial charge is 0.453 e. The Kier molecular flexibility index (Phi) is 7.86. The fourth-order valence-electron chi connectivity index (χ4n) is 5.84. The molecule has 8 nitrogen and oxygen atoms in total. The van der Waals surface area contributed by atoms with Crippen LogP contribution in [0.5, 0.6) is 0 Å². The Hall–Kier alpha value is -2.07. The highest BCUT2D eigenvalue weighted by molar-refractivity contribution is 6.34. The number of aryl methyl sites for hydroxylation is 1. The summed E-state index contributed by atoms with van der Waals surface area (Å²) in [4.78, 5) is 19.0. The van der Waals surface area contributed by atoms with Crippen molar-refractivity contribution in [2.45, 2.75) is 37.1 Å². The van der Waals surface area contributed by atoms with Gasteiger partial charge in [0.2, 0.25) is 0 Å². The number of alkyl carbamates (subject to hydrolysis) is 1. The predicted molar refractivity (Wildman–Crippen MR) is 144 cm³/mol. The molecule has 37 heavy (non-hydrogen) atoms. The molecule has 3 aliphatic rings. The lowest BCUT2D eigenvalue weighted by atomic mass is 9.84. The number of likely N-dealkylation sites (tertiary alicyclic amines) is 1. The summed E-state index contributed by atoms with van der Waals surface area (Å²) in [5, 5.41) is 24.2. The average molecular weight is 549 g/mol. The number of rotatable bonds is 7. The number of hydrogen-bond acceptors (Lipinski definition) is 7. The van der Waals surface area contributed by atoms with Crippen LogP contribution in [0, 0.1) is 0 Å². The highest BCUT2D eigenvalue weighted by Crippen LogP contribution is 2.42. The Balaban J connectivity index is 1.32. The van der Waals surface area contributed by atoms with E-state index in [1.54, 1.807) is 6.07 Å². The van der Waals surface area contributed by atoms with Crippen LogP contribution in [0.25, 0.3) is 0 Å². The van der Waals surface area contributed by atoms with Crippen LogP contribution in [-0.2, 0) is 23.1 Å². The number of piperazine rings is 1. The van der Waals surface area contributed by atoms with E-state index < -0.39 is 17.9 Å². The third kappa shape index (κ3) is 5.85. The van der Waals surface area contributed by atoms with Gasteiger partial charge in [0.25, 0.3) is 0 Å². The first-order chi connectivity index (χ1) is 17.7. The van der Waals surface area contributed by atoms with Gasteiger partial charge in [-0.05, 0) is 66.3 Å². The molecule has 0 spiro atoms. The van der Waals surface area contributed by atoms with E-state index in [9.17, 15) is 15.0 Å². The van der Waals surface area contributed by atoms with E-state index in [-0.39, 0.29) is 6.10 Å². The topological polar surface area (TPSA) is 88.5 Å². The number of nitrogens with zero attached hydrogens (tertiary/aromatic N) is 3. The molecule has 2 aromatic rings. The van der Waals surface area contributed by atoms with E-state index in [0.717, 1.165) is 55.8 Å². The van der Waals surface area contributed by atoms with Crippen molar-refractivity contribution in [2.75, 3.05) is 57.8 Å². The van der Waals surface area contributed by atoms with Gasteiger partial charge in [-0.1, -0.05) is 29.3 Å². The maximum Gasteiger partial charge on any atom is 0.407 e. The van der Waals surface area contributed by atoms with Crippen LogP contribution in [0.2, 0.25) is 10.0 Å². The molecule has 0 aromatic heterocycles. The van der Waals surface area contributed by atoms with Crippen molar-refractivity contribution in [3.8, 4) is 0 Å². The molecule has 200 valence electrons. The molecular formula is C27H34Cl2N4O4. The lowest BCUT2D eigenvalue weighted by Crippen LogP contribution is -2.59. The normalized spacial score (nSPS) is 23.4. The fourth-order valence-corrected chi connectivity index (χ4v) is 6.41. The van der Waals surface area contributed by atoms with Crippen LogP contribution in [0.4, 0.5) is 10.5 Å². The zero-order valence-corrected chi connectivity index (χ0v) is 22.5. The zero-order chi connectivity index (χ0) is 26.2. The van der Waals surface area contributed by atoms with Gasteiger partial charge in [-0.3, -0.25) is 9.80 Å². The molecule has 2 fully saturated rings. The summed E-state index contributed by atoms with van der Waals surface area (Å²) in [7, 11) is 1.38. The molecule has 2 unspecified atom stereocenters. The Morgan fingerprint density at radius 2 is 1.84 bits per heavy atom.